The largest absolute Gasteiger partial charge is 0.376 e. The molecule has 0 aliphatic heterocycles. The van der Waals surface area contributed by atoms with Gasteiger partial charge in [0.25, 0.3) is 0 Å². The summed E-state index contributed by atoms with van der Waals surface area (Å²) in [6.07, 6.45) is 5.06. The van der Waals surface area contributed by atoms with Crippen LogP contribution in [0.25, 0.3) is 0 Å². The Morgan fingerprint density at radius 2 is 2.44 bits per heavy atom. The molecule has 86 valence electrons. The first kappa shape index (κ1) is 11.2. The van der Waals surface area contributed by atoms with Crippen LogP contribution in [0.4, 0.5) is 5.69 Å². The van der Waals surface area contributed by atoms with E-state index in [0.29, 0.717) is 6.04 Å². The van der Waals surface area contributed by atoms with Gasteiger partial charge in [-0.05, 0) is 35.7 Å². The van der Waals surface area contributed by atoms with Crippen LogP contribution in [0.15, 0.2) is 29.2 Å². The van der Waals surface area contributed by atoms with Gasteiger partial charge in [-0.25, -0.2) is 0 Å². The molecule has 0 spiro atoms. The molecule has 0 aliphatic rings. The van der Waals surface area contributed by atoms with Gasteiger partial charge in [0.1, 0.15) is 0 Å². The molecule has 2 heterocycles. The molecular weight excluding hydrogens is 218 g/mol. The van der Waals surface area contributed by atoms with Crippen molar-refractivity contribution in [3.8, 4) is 0 Å². The first-order chi connectivity index (χ1) is 7.79. The molecule has 0 saturated heterocycles. The summed E-state index contributed by atoms with van der Waals surface area (Å²) in [5.74, 6) is 0. The van der Waals surface area contributed by atoms with Gasteiger partial charge in [0.2, 0.25) is 0 Å². The van der Waals surface area contributed by atoms with E-state index in [0.717, 1.165) is 18.7 Å². The number of hydrogen-bond donors (Lipinski definition) is 1. The molecule has 16 heavy (non-hydrogen) atoms. The molecule has 2 aromatic rings. The molecule has 0 amide bonds. The predicted octanol–water partition coefficient (Wildman–Crippen LogP) is 3.53. The van der Waals surface area contributed by atoms with Crippen molar-refractivity contribution in [2.45, 2.75) is 32.9 Å². The first-order valence-corrected chi connectivity index (χ1v) is 6.55. The van der Waals surface area contributed by atoms with E-state index >= 15 is 0 Å². The fourth-order valence-corrected chi connectivity index (χ4v) is 2.40. The lowest BCUT2D eigenvalue weighted by Crippen LogP contribution is -2.04. The summed E-state index contributed by atoms with van der Waals surface area (Å²) in [4.78, 5) is 0. The van der Waals surface area contributed by atoms with E-state index in [1.165, 1.54) is 5.56 Å². The second-order valence-corrected chi connectivity index (χ2v) is 4.69. The second kappa shape index (κ2) is 5.16. The summed E-state index contributed by atoms with van der Waals surface area (Å²) in [5, 5.41) is 12.0. The van der Waals surface area contributed by atoms with Gasteiger partial charge in [0, 0.05) is 18.8 Å². The summed E-state index contributed by atoms with van der Waals surface area (Å²) in [6, 6.07) is 2.49. The van der Waals surface area contributed by atoms with Gasteiger partial charge in [0.15, 0.2) is 0 Å². The summed E-state index contributed by atoms with van der Waals surface area (Å²) in [5.41, 5.74) is 2.42. The Balaban J connectivity index is 1.98. The Kier molecular flexibility index (Phi) is 3.62. The lowest BCUT2D eigenvalue weighted by molar-refractivity contribution is 0.603. The molecule has 1 N–H and O–H groups in total. The number of thiophene rings is 1. The summed E-state index contributed by atoms with van der Waals surface area (Å²) >= 11 is 1.73. The Bertz CT molecular complexity index is 419. The minimum absolute atomic E-state index is 0.338. The van der Waals surface area contributed by atoms with Crippen molar-refractivity contribution in [3.63, 3.8) is 0 Å². The van der Waals surface area contributed by atoms with Crippen LogP contribution in [0.1, 0.15) is 31.9 Å². The molecular formula is C12H17N3S. The third-order valence-electron chi connectivity index (χ3n) is 2.51. The van der Waals surface area contributed by atoms with Gasteiger partial charge in [-0.3, -0.25) is 4.68 Å². The molecule has 1 unspecified atom stereocenters. The van der Waals surface area contributed by atoms with Crippen LogP contribution in [0.2, 0.25) is 0 Å². The monoisotopic (exact) mass is 235 g/mol. The number of nitrogens with one attached hydrogen (secondary N) is 1. The van der Waals surface area contributed by atoms with Crippen molar-refractivity contribution in [3.05, 3.63) is 34.8 Å². The highest BCUT2D eigenvalue weighted by Gasteiger charge is 2.06. The van der Waals surface area contributed by atoms with Crippen molar-refractivity contribution in [1.29, 1.82) is 0 Å². The standard InChI is InChI=1S/C12H17N3S/c1-3-5-15-8-12(7-13-15)14-10(2)11-4-6-16-9-11/h4,6-10,14H,3,5H2,1-2H3. The van der Waals surface area contributed by atoms with Crippen LogP contribution in [-0.2, 0) is 6.54 Å². The molecule has 1 atom stereocenters. The van der Waals surface area contributed by atoms with E-state index < -0.39 is 0 Å². The lowest BCUT2D eigenvalue weighted by atomic mass is 10.2. The van der Waals surface area contributed by atoms with Crippen molar-refractivity contribution >= 4 is 17.0 Å². The predicted molar refractivity (Wildman–Crippen MR) is 68.9 cm³/mol. The topological polar surface area (TPSA) is 29.9 Å². The summed E-state index contributed by atoms with van der Waals surface area (Å²) in [6.45, 7) is 5.30. The molecule has 0 fully saturated rings. The lowest BCUT2D eigenvalue weighted by Gasteiger charge is -2.11. The number of aryl methyl sites for hydroxylation is 1. The molecule has 0 saturated carbocycles. The Labute approximate surface area is 100 Å². The minimum atomic E-state index is 0.338. The first-order valence-electron chi connectivity index (χ1n) is 5.60. The maximum Gasteiger partial charge on any atom is 0.0731 e. The third-order valence-corrected chi connectivity index (χ3v) is 3.21. The molecule has 0 aromatic carbocycles. The van der Waals surface area contributed by atoms with E-state index in [2.05, 4.69) is 47.3 Å². The van der Waals surface area contributed by atoms with E-state index in [9.17, 15) is 0 Å². The van der Waals surface area contributed by atoms with Gasteiger partial charge < -0.3 is 5.32 Å². The molecule has 2 aromatic heterocycles. The molecule has 0 radical (unpaired) electrons. The maximum absolute atomic E-state index is 4.30. The third kappa shape index (κ3) is 2.64. The highest BCUT2D eigenvalue weighted by molar-refractivity contribution is 7.07. The van der Waals surface area contributed by atoms with Crippen LogP contribution in [0.3, 0.4) is 0 Å². The maximum atomic E-state index is 4.30. The van der Waals surface area contributed by atoms with Crippen molar-refractivity contribution in [2.24, 2.45) is 0 Å². The number of nitrogens with zero attached hydrogens (tertiary/aromatic N) is 2. The smallest absolute Gasteiger partial charge is 0.0731 e. The fourth-order valence-electron chi connectivity index (χ4n) is 1.64. The van der Waals surface area contributed by atoms with Gasteiger partial charge in [-0.1, -0.05) is 6.92 Å². The number of rotatable bonds is 5. The summed E-state index contributed by atoms with van der Waals surface area (Å²) in [7, 11) is 0. The Morgan fingerprint density at radius 3 is 3.12 bits per heavy atom. The van der Waals surface area contributed by atoms with Crippen LogP contribution in [-0.4, -0.2) is 9.78 Å². The molecule has 0 bridgehead atoms. The zero-order chi connectivity index (χ0) is 11.4. The number of anilines is 1. The van der Waals surface area contributed by atoms with Gasteiger partial charge in [-0.15, -0.1) is 0 Å². The zero-order valence-corrected chi connectivity index (χ0v) is 10.5. The minimum Gasteiger partial charge on any atom is -0.376 e. The molecule has 0 aliphatic carbocycles. The molecule has 3 nitrogen and oxygen atoms in total. The SMILES string of the molecule is CCCn1cc(NC(C)c2ccsc2)cn1. The van der Waals surface area contributed by atoms with E-state index in [1.807, 2.05) is 10.9 Å². The zero-order valence-electron chi connectivity index (χ0n) is 9.68. The average molecular weight is 235 g/mol. The van der Waals surface area contributed by atoms with Crippen LogP contribution < -0.4 is 5.32 Å². The van der Waals surface area contributed by atoms with Crippen molar-refractivity contribution < 1.29 is 0 Å². The quantitative estimate of drug-likeness (QED) is 0.859. The molecule has 4 heteroatoms. The van der Waals surface area contributed by atoms with Crippen molar-refractivity contribution in [2.75, 3.05) is 5.32 Å². The summed E-state index contributed by atoms with van der Waals surface area (Å²) < 4.78 is 1.97. The highest BCUT2D eigenvalue weighted by atomic mass is 32.1. The van der Waals surface area contributed by atoms with E-state index in [4.69, 9.17) is 0 Å². The molecule has 2 rings (SSSR count). The van der Waals surface area contributed by atoms with E-state index in [1.54, 1.807) is 11.3 Å². The van der Waals surface area contributed by atoms with Crippen LogP contribution >= 0.6 is 11.3 Å². The van der Waals surface area contributed by atoms with Crippen molar-refractivity contribution in [1.82, 2.24) is 9.78 Å². The average Bonchev–Trinajstić information content (AvgIpc) is 2.89. The number of aromatic nitrogens is 2. The fraction of sp³-hybridized carbons (Fsp3) is 0.417. The van der Waals surface area contributed by atoms with Gasteiger partial charge in [0.05, 0.1) is 11.9 Å². The van der Waals surface area contributed by atoms with E-state index in [-0.39, 0.29) is 0 Å². The Hall–Kier alpha value is -1.29. The highest BCUT2D eigenvalue weighted by Crippen LogP contribution is 2.20. The van der Waals surface area contributed by atoms with Crippen LogP contribution in [0.5, 0.6) is 0 Å². The van der Waals surface area contributed by atoms with Gasteiger partial charge >= 0.3 is 0 Å². The van der Waals surface area contributed by atoms with Crippen LogP contribution in [0, 0.1) is 0 Å². The Morgan fingerprint density at radius 1 is 1.56 bits per heavy atom. The number of hydrogen-bond acceptors (Lipinski definition) is 3. The second-order valence-electron chi connectivity index (χ2n) is 3.91. The normalized spacial score (nSPS) is 12.6. The van der Waals surface area contributed by atoms with Gasteiger partial charge in [-0.2, -0.15) is 16.4 Å².